The lowest BCUT2D eigenvalue weighted by Gasteiger charge is -2.07. The molecule has 0 atom stereocenters. The van der Waals surface area contributed by atoms with E-state index in [1.54, 1.807) is 36.4 Å². The number of nitriles is 1. The highest BCUT2D eigenvalue weighted by Crippen LogP contribution is 2.31. The Morgan fingerprint density at radius 2 is 2.00 bits per heavy atom. The lowest BCUT2D eigenvalue weighted by Crippen LogP contribution is -1.86. The van der Waals surface area contributed by atoms with E-state index in [1.165, 1.54) is 6.07 Å². The molecular formula is C13H8BrNO2. The summed E-state index contributed by atoms with van der Waals surface area (Å²) in [5, 5.41) is 18.0. The van der Waals surface area contributed by atoms with Gasteiger partial charge in [-0.15, -0.1) is 0 Å². The Hall–Kier alpha value is -1.99. The highest BCUT2D eigenvalue weighted by Gasteiger charge is 2.04. The fourth-order valence-corrected chi connectivity index (χ4v) is 1.79. The minimum absolute atomic E-state index is 0.146. The van der Waals surface area contributed by atoms with Gasteiger partial charge in [-0.25, -0.2) is 0 Å². The van der Waals surface area contributed by atoms with Crippen LogP contribution in [-0.2, 0) is 0 Å². The van der Waals surface area contributed by atoms with Crippen LogP contribution in [-0.4, -0.2) is 5.11 Å². The summed E-state index contributed by atoms with van der Waals surface area (Å²) >= 11 is 3.33. The molecule has 17 heavy (non-hydrogen) atoms. The van der Waals surface area contributed by atoms with Gasteiger partial charge in [0.25, 0.3) is 0 Å². The summed E-state index contributed by atoms with van der Waals surface area (Å²) < 4.78 is 6.27. The van der Waals surface area contributed by atoms with Gasteiger partial charge in [-0.1, -0.05) is 6.07 Å². The SMILES string of the molecule is N#Cc1ccc(Oc2cccc(O)c2)c(Br)c1. The van der Waals surface area contributed by atoms with Crippen molar-refractivity contribution in [3.05, 3.63) is 52.5 Å². The third-order valence-corrected chi connectivity index (χ3v) is 2.73. The largest absolute Gasteiger partial charge is 0.508 e. The van der Waals surface area contributed by atoms with E-state index in [9.17, 15) is 5.11 Å². The minimum Gasteiger partial charge on any atom is -0.508 e. The Kier molecular flexibility index (Phi) is 3.31. The summed E-state index contributed by atoms with van der Waals surface area (Å²) in [6.07, 6.45) is 0. The first-order chi connectivity index (χ1) is 8.19. The number of benzene rings is 2. The number of phenols is 1. The average molecular weight is 290 g/mol. The number of hydrogen-bond acceptors (Lipinski definition) is 3. The third-order valence-electron chi connectivity index (χ3n) is 2.11. The molecule has 0 spiro atoms. The number of rotatable bonds is 2. The van der Waals surface area contributed by atoms with Crippen molar-refractivity contribution in [2.24, 2.45) is 0 Å². The van der Waals surface area contributed by atoms with Crippen molar-refractivity contribution in [3.8, 4) is 23.3 Å². The topological polar surface area (TPSA) is 53.2 Å². The monoisotopic (exact) mass is 289 g/mol. The van der Waals surface area contributed by atoms with Gasteiger partial charge < -0.3 is 9.84 Å². The maximum Gasteiger partial charge on any atom is 0.141 e. The molecule has 3 nitrogen and oxygen atoms in total. The Balaban J connectivity index is 2.28. The van der Waals surface area contributed by atoms with Crippen LogP contribution >= 0.6 is 15.9 Å². The molecule has 0 bridgehead atoms. The zero-order valence-corrected chi connectivity index (χ0v) is 10.3. The molecular weight excluding hydrogens is 282 g/mol. The van der Waals surface area contributed by atoms with Crippen molar-refractivity contribution < 1.29 is 9.84 Å². The Bertz CT molecular complexity index is 590. The van der Waals surface area contributed by atoms with Gasteiger partial charge in [0.1, 0.15) is 17.2 Å². The molecule has 0 saturated heterocycles. The molecule has 0 fully saturated rings. The normalized spacial score (nSPS) is 9.65. The zero-order valence-electron chi connectivity index (χ0n) is 8.72. The first-order valence-corrected chi connectivity index (χ1v) is 5.65. The quantitative estimate of drug-likeness (QED) is 0.914. The standard InChI is InChI=1S/C13H8BrNO2/c14-12-6-9(8-15)4-5-13(12)17-11-3-1-2-10(16)7-11/h1-7,16H. The van der Waals surface area contributed by atoms with Crippen molar-refractivity contribution in [2.45, 2.75) is 0 Å². The van der Waals surface area contributed by atoms with Crippen molar-refractivity contribution >= 4 is 15.9 Å². The minimum atomic E-state index is 0.146. The molecule has 0 aliphatic rings. The van der Waals surface area contributed by atoms with E-state index in [0.717, 1.165) is 0 Å². The van der Waals surface area contributed by atoms with Crippen LogP contribution in [0.15, 0.2) is 46.9 Å². The summed E-state index contributed by atoms with van der Waals surface area (Å²) in [7, 11) is 0. The zero-order chi connectivity index (χ0) is 12.3. The lowest BCUT2D eigenvalue weighted by molar-refractivity contribution is 0.454. The van der Waals surface area contributed by atoms with Crippen molar-refractivity contribution in [1.82, 2.24) is 0 Å². The summed E-state index contributed by atoms with van der Waals surface area (Å²) in [6.45, 7) is 0. The highest BCUT2D eigenvalue weighted by atomic mass is 79.9. The molecule has 0 aromatic heterocycles. The molecule has 1 N–H and O–H groups in total. The molecule has 0 saturated carbocycles. The van der Waals surface area contributed by atoms with E-state index in [1.807, 2.05) is 6.07 Å². The van der Waals surface area contributed by atoms with Crippen molar-refractivity contribution in [3.63, 3.8) is 0 Å². The van der Waals surface area contributed by atoms with E-state index in [-0.39, 0.29) is 5.75 Å². The Morgan fingerprint density at radius 3 is 2.65 bits per heavy atom. The average Bonchev–Trinajstić information content (AvgIpc) is 2.32. The number of nitrogens with zero attached hydrogens (tertiary/aromatic N) is 1. The summed E-state index contributed by atoms with van der Waals surface area (Å²) in [6, 6.07) is 13.6. The molecule has 0 unspecified atom stereocenters. The number of hydrogen-bond donors (Lipinski definition) is 1. The fourth-order valence-electron chi connectivity index (χ4n) is 1.33. The highest BCUT2D eigenvalue weighted by molar-refractivity contribution is 9.10. The van der Waals surface area contributed by atoms with Crippen LogP contribution in [0.2, 0.25) is 0 Å². The molecule has 2 aromatic carbocycles. The van der Waals surface area contributed by atoms with Crippen LogP contribution in [0, 0.1) is 11.3 Å². The molecule has 0 radical (unpaired) electrons. The van der Waals surface area contributed by atoms with Crippen molar-refractivity contribution in [2.75, 3.05) is 0 Å². The molecule has 0 aliphatic carbocycles. The summed E-state index contributed by atoms with van der Waals surface area (Å²) in [5.74, 6) is 1.28. The second kappa shape index (κ2) is 4.89. The van der Waals surface area contributed by atoms with Gasteiger partial charge in [-0.2, -0.15) is 5.26 Å². The van der Waals surface area contributed by atoms with E-state index in [2.05, 4.69) is 15.9 Å². The molecule has 0 heterocycles. The van der Waals surface area contributed by atoms with Gasteiger partial charge >= 0.3 is 0 Å². The van der Waals surface area contributed by atoms with Gasteiger partial charge in [-0.05, 0) is 46.3 Å². The number of halogens is 1. The maximum atomic E-state index is 9.31. The maximum absolute atomic E-state index is 9.31. The van der Waals surface area contributed by atoms with Gasteiger partial charge in [0.2, 0.25) is 0 Å². The van der Waals surface area contributed by atoms with Gasteiger partial charge in [0, 0.05) is 6.07 Å². The first kappa shape index (κ1) is 11.5. The van der Waals surface area contributed by atoms with Crippen LogP contribution in [0.1, 0.15) is 5.56 Å². The van der Waals surface area contributed by atoms with Crippen LogP contribution in [0.3, 0.4) is 0 Å². The van der Waals surface area contributed by atoms with E-state index < -0.39 is 0 Å². The smallest absolute Gasteiger partial charge is 0.141 e. The number of aromatic hydroxyl groups is 1. The molecule has 0 aliphatic heterocycles. The number of ether oxygens (including phenoxy) is 1. The number of phenolic OH excluding ortho intramolecular Hbond substituents is 1. The van der Waals surface area contributed by atoms with Crippen LogP contribution in [0.5, 0.6) is 17.2 Å². The second-order valence-corrected chi connectivity index (χ2v) is 4.21. The third kappa shape index (κ3) is 2.77. The second-order valence-electron chi connectivity index (χ2n) is 3.36. The Labute approximate surface area is 107 Å². The van der Waals surface area contributed by atoms with Gasteiger partial charge in [0.05, 0.1) is 16.1 Å². The fraction of sp³-hybridized carbons (Fsp3) is 0. The first-order valence-electron chi connectivity index (χ1n) is 4.85. The predicted molar refractivity (Wildman–Crippen MR) is 67.0 cm³/mol. The summed E-state index contributed by atoms with van der Waals surface area (Å²) in [4.78, 5) is 0. The molecule has 4 heteroatoms. The molecule has 0 amide bonds. The Morgan fingerprint density at radius 1 is 1.18 bits per heavy atom. The van der Waals surface area contributed by atoms with E-state index >= 15 is 0 Å². The molecule has 2 aromatic rings. The molecule has 2 rings (SSSR count). The van der Waals surface area contributed by atoms with E-state index in [4.69, 9.17) is 10.00 Å². The van der Waals surface area contributed by atoms with Gasteiger partial charge in [0.15, 0.2) is 0 Å². The summed E-state index contributed by atoms with van der Waals surface area (Å²) in [5.41, 5.74) is 0.556. The predicted octanol–water partition coefficient (Wildman–Crippen LogP) is 3.82. The lowest BCUT2D eigenvalue weighted by atomic mass is 10.2. The van der Waals surface area contributed by atoms with Gasteiger partial charge in [-0.3, -0.25) is 0 Å². The van der Waals surface area contributed by atoms with E-state index in [0.29, 0.717) is 21.5 Å². The van der Waals surface area contributed by atoms with Crippen LogP contribution in [0.25, 0.3) is 0 Å². The van der Waals surface area contributed by atoms with Crippen LogP contribution in [0.4, 0.5) is 0 Å². The van der Waals surface area contributed by atoms with Crippen LogP contribution < -0.4 is 4.74 Å². The van der Waals surface area contributed by atoms with Crippen molar-refractivity contribution in [1.29, 1.82) is 5.26 Å². The molecule has 84 valence electrons.